The SMILES string of the molecule is CCOC(=O)c1c(NC(=O)COc2ccc3ccc(=O)oc3c2)sc(C)c1CC. The van der Waals surface area contributed by atoms with Gasteiger partial charge >= 0.3 is 11.6 Å². The molecule has 2 aromatic heterocycles. The maximum Gasteiger partial charge on any atom is 0.341 e. The highest BCUT2D eigenvalue weighted by Crippen LogP contribution is 2.34. The molecular formula is C21H21NO6S. The molecule has 0 saturated heterocycles. The summed E-state index contributed by atoms with van der Waals surface area (Å²) in [6.45, 7) is 5.58. The highest BCUT2D eigenvalue weighted by atomic mass is 32.1. The quantitative estimate of drug-likeness (QED) is 0.464. The van der Waals surface area contributed by atoms with E-state index in [1.165, 1.54) is 17.4 Å². The van der Waals surface area contributed by atoms with E-state index in [9.17, 15) is 14.4 Å². The standard InChI is InChI=1S/C21H21NO6S/c1-4-15-12(3)29-20(19(15)21(25)26-5-2)22-17(23)11-27-14-8-6-13-7-9-18(24)28-16(13)10-14/h6-10H,4-5,11H2,1-3H3,(H,22,23). The van der Waals surface area contributed by atoms with Crippen LogP contribution in [0.2, 0.25) is 0 Å². The fraction of sp³-hybridized carbons (Fsp3) is 0.286. The van der Waals surface area contributed by atoms with Crippen LogP contribution in [0.5, 0.6) is 5.75 Å². The first-order valence-electron chi connectivity index (χ1n) is 9.18. The zero-order valence-corrected chi connectivity index (χ0v) is 17.2. The van der Waals surface area contributed by atoms with Gasteiger partial charge in [0, 0.05) is 22.4 Å². The Morgan fingerprint density at radius 2 is 1.93 bits per heavy atom. The second-order valence-electron chi connectivity index (χ2n) is 6.21. The van der Waals surface area contributed by atoms with Crippen LogP contribution < -0.4 is 15.7 Å². The molecule has 0 radical (unpaired) electrons. The van der Waals surface area contributed by atoms with Gasteiger partial charge in [-0.1, -0.05) is 6.92 Å². The van der Waals surface area contributed by atoms with E-state index in [1.807, 2.05) is 13.8 Å². The molecule has 1 aromatic carbocycles. The summed E-state index contributed by atoms with van der Waals surface area (Å²) in [6.07, 6.45) is 0.658. The third-order valence-corrected chi connectivity index (χ3v) is 5.32. The lowest BCUT2D eigenvalue weighted by Gasteiger charge is -2.09. The van der Waals surface area contributed by atoms with Crippen LogP contribution >= 0.6 is 11.3 Å². The van der Waals surface area contributed by atoms with Crippen molar-refractivity contribution < 1.29 is 23.5 Å². The van der Waals surface area contributed by atoms with Crippen molar-refractivity contribution in [2.75, 3.05) is 18.5 Å². The van der Waals surface area contributed by atoms with E-state index in [-0.39, 0.29) is 13.2 Å². The summed E-state index contributed by atoms with van der Waals surface area (Å²) in [5.41, 5.74) is 1.19. The van der Waals surface area contributed by atoms with Gasteiger partial charge in [0.1, 0.15) is 16.3 Å². The first-order chi connectivity index (χ1) is 13.9. The van der Waals surface area contributed by atoms with Gasteiger partial charge in [0.05, 0.1) is 12.2 Å². The molecule has 0 unspecified atom stereocenters. The Morgan fingerprint density at radius 3 is 2.66 bits per heavy atom. The predicted octanol–water partition coefficient (Wildman–Crippen LogP) is 3.92. The summed E-state index contributed by atoms with van der Waals surface area (Å²) in [6, 6.07) is 7.97. The maximum atomic E-state index is 12.4. The molecule has 29 heavy (non-hydrogen) atoms. The molecule has 0 bridgehead atoms. The van der Waals surface area contributed by atoms with E-state index in [4.69, 9.17) is 13.9 Å². The molecule has 0 spiro atoms. The molecule has 0 aliphatic carbocycles. The maximum absolute atomic E-state index is 12.4. The first kappa shape index (κ1) is 20.6. The Balaban J connectivity index is 1.72. The van der Waals surface area contributed by atoms with Crippen LogP contribution in [0, 0.1) is 6.92 Å². The van der Waals surface area contributed by atoms with Gasteiger partial charge in [-0.25, -0.2) is 9.59 Å². The summed E-state index contributed by atoms with van der Waals surface area (Å²) < 4.78 is 15.8. The summed E-state index contributed by atoms with van der Waals surface area (Å²) in [7, 11) is 0. The fourth-order valence-corrected chi connectivity index (χ4v) is 4.10. The number of esters is 1. The molecule has 0 aliphatic heterocycles. The van der Waals surface area contributed by atoms with Crippen LogP contribution in [0.4, 0.5) is 5.00 Å². The summed E-state index contributed by atoms with van der Waals surface area (Å²) in [4.78, 5) is 37.0. The number of amides is 1. The topological polar surface area (TPSA) is 94.8 Å². The minimum atomic E-state index is -0.460. The predicted molar refractivity (Wildman–Crippen MR) is 111 cm³/mol. The number of anilines is 1. The molecular weight excluding hydrogens is 394 g/mol. The summed E-state index contributed by atoms with van der Waals surface area (Å²) in [5.74, 6) is -0.465. The van der Waals surface area contributed by atoms with Gasteiger partial charge in [-0.15, -0.1) is 11.3 Å². The van der Waals surface area contributed by atoms with Crippen molar-refractivity contribution in [2.24, 2.45) is 0 Å². The van der Waals surface area contributed by atoms with Gasteiger partial charge in [0.15, 0.2) is 6.61 Å². The third-order valence-electron chi connectivity index (χ3n) is 4.26. The summed E-state index contributed by atoms with van der Waals surface area (Å²) in [5, 5.41) is 3.95. The van der Waals surface area contributed by atoms with Gasteiger partial charge in [0.2, 0.25) is 0 Å². The number of rotatable bonds is 7. The molecule has 0 saturated carbocycles. The van der Waals surface area contributed by atoms with Crippen LogP contribution in [0.15, 0.2) is 39.5 Å². The molecule has 1 N–H and O–H groups in total. The number of carbonyl (C=O) groups excluding carboxylic acids is 2. The number of thiophene rings is 1. The zero-order chi connectivity index (χ0) is 21.0. The monoisotopic (exact) mass is 415 g/mol. The Labute approximate surface area is 171 Å². The van der Waals surface area contributed by atoms with Crippen LogP contribution in [-0.4, -0.2) is 25.1 Å². The number of ether oxygens (including phenoxy) is 2. The second-order valence-corrected chi connectivity index (χ2v) is 7.43. The van der Waals surface area contributed by atoms with E-state index in [1.54, 1.807) is 31.2 Å². The zero-order valence-electron chi connectivity index (χ0n) is 16.4. The number of nitrogens with one attached hydrogen (secondary N) is 1. The average Bonchev–Trinajstić information content (AvgIpc) is 3.00. The normalized spacial score (nSPS) is 10.7. The molecule has 2 heterocycles. The molecule has 0 fully saturated rings. The minimum absolute atomic E-state index is 0.255. The van der Waals surface area contributed by atoms with Gasteiger partial charge in [0.25, 0.3) is 5.91 Å². The van der Waals surface area contributed by atoms with Gasteiger partial charge in [-0.05, 0) is 44.0 Å². The van der Waals surface area contributed by atoms with Gasteiger partial charge in [-0.2, -0.15) is 0 Å². The molecule has 0 atom stereocenters. The molecule has 0 aliphatic rings. The Kier molecular flexibility index (Phi) is 6.33. The Hall–Kier alpha value is -3.13. The molecule has 152 valence electrons. The Morgan fingerprint density at radius 1 is 1.17 bits per heavy atom. The smallest absolute Gasteiger partial charge is 0.341 e. The van der Waals surface area contributed by atoms with E-state index < -0.39 is 17.5 Å². The minimum Gasteiger partial charge on any atom is -0.484 e. The molecule has 3 rings (SSSR count). The first-order valence-corrected chi connectivity index (χ1v) is 10.0. The molecule has 8 heteroatoms. The van der Waals surface area contributed by atoms with Crippen molar-refractivity contribution in [3.63, 3.8) is 0 Å². The number of carbonyl (C=O) groups is 2. The van der Waals surface area contributed by atoms with Crippen LogP contribution in [-0.2, 0) is 16.0 Å². The lowest BCUT2D eigenvalue weighted by molar-refractivity contribution is -0.118. The van der Waals surface area contributed by atoms with Crippen molar-refractivity contribution in [3.05, 3.63) is 56.8 Å². The van der Waals surface area contributed by atoms with Crippen LogP contribution in [0.3, 0.4) is 0 Å². The van der Waals surface area contributed by atoms with Crippen LogP contribution in [0.25, 0.3) is 11.0 Å². The number of aryl methyl sites for hydroxylation is 1. The number of hydrogen-bond donors (Lipinski definition) is 1. The average molecular weight is 415 g/mol. The molecule has 1 amide bonds. The largest absolute Gasteiger partial charge is 0.484 e. The van der Waals surface area contributed by atoms with E-state index in [2.05, 4.69) is 5.32 Å². The number of benzene rings is 1. The number of hydrogen-bond acceptors (Lipinski definition) is 7. The second kappa shape index (κ2) is 8.91. The Bertz CT molecular complexity index is 1110. The molecule has 7 nitrogen and oxygen atoms in total. The van der Waals surface area contributed by atoms with E-state index in [0.717, 1.165) is 15.8 Å². The van der Waals surface area contributed by atoms with Gasteiger partial charge < -0.3 is 19.2 Å². The molecule has 3 aromatic rings. The van der Waals surface area contributed by atoms with E-state index >= 15 is 0 Å². The third kappa shape index (κ3) is 4.65. The van der Waals surface area contributed by atoms with Crippen molar-refractivity contribution >= 4 is 39.2 Å². The highest BCUT2D eigenvalue weighted by Gasteiger charge is 2.23. The van der Waals surface area contributed by atoms with Gasteiger partial charge in [-0.3, -0.25) is 4.79 Å². The fourth-order valence-electron chi connectivity index (χ4n) is 2.95. The lowest BCUT2D eigenvalue weighted by Crippen LogP contribution is -2.21. The number of fused-ring (bicyclic) bond motifs is 1. The van der Waals surface area contributed by atoms with Crippen molar-refractivity contribution in [1.29, 1.82) is 0 Å². The van der Waals surface area contributed by atoms with Crippen molar-refractivity contribution in [3.8, 4) is 5.75 Å². The highest BCUT2D eigenvalue weighted by molar-refractivity contribution is 7.16. The van der Waals surface area contributed by atoms with Crippen molar-refractivity contribution in [2.45, 2.75) is 27.2 Å². The van der Waals surface area contributed by atoms with Crippen molar-refractivity contribution in [1.82, 2.24) is 0 Å². The summed E-state index contributed by atoms with van der Waals surface area (Å²) >= 11 is 1.34. The van der Waals surface area contributed by atoms with E-state index in [0.29, 0.717) is 28.3 Å². The van der Waals surface area contributed by atoms with Crippen LogP contribution in [0.1, 0.15) is 34.6 Å². The lowest BCUT2D eigenvalue weighted by atomic mass is 10.1.